The van der Waals surface area contributed by atoms with Gasteiger partial charge in [0, 0.05) is 5.56 Å². The molecule has 0 saturated carbocycles. The summed E-state index contributed by atoms with van der Waals surface area (Å²) in [5.74, 6) is 0.327. The Kier molecular flexibility index (Phi) is 3.58. The smallest absolute Gasteiger partial charge is 0.153 e. The lowest BCUT2D eigenvalue weighted by atomic mass is 10.1. The summed E-state index contributed by atoms with van der Waals surface area (Å²) < 4.78 is 5.17. The number of hydrogen-bond acceptors (Lipinski definition) is 4. The van der Waals surface area contributed by atoms with Crippen LogP contribution >= 0.6 is 0 Å². The van der Waals surface area contributed by atoms with E-state index in [2.05, 4.69) is 0 Å². The van der Waals surface area contributed by atoms with Crippen LogP contribution in [0.5, 0.6) is 5.75 Å². The molecule has 0 saturated heterocycles. The molecule has 0 fully saturated rings. The number of nitrogens with zero attached hydrogens (tertiary/aromatic N) is 1. The summed E-state index contributed by atoms with van der Waals surface area (Å²) in [6.45, 7) is 2.17. The lowest BCUT2D eigenvalue weighted by molar-refractivity contribution is 0.110. The Labute approximate surface area is 87.1 Å². The SMILES string of the molecule is CCOc1cc(C=O)c(C#N)cc1C=O. The third-order valence-electron chi connectivity index (χ3n) is 1.86. The molecule has 0 amide bonds. The molecule has 0 aromatic heterocycles. The first-order valence-electron chi connectivity index (χ1n) is 4.38. The van der Waals surface area contributed by atoms with Crippen LogP contribution in [0.1, 0.15) is 33.2 Å². The molecule has 0 aliphatic heterocycles. The first-order valence-corrected chi connectivity index (χ1v) is 4.38. The normalized spacial score (nSPS) is 9.07. The summed E-state index contributed by atoms with van der Waals surface area (Å²) in [5.41, 5.74) is 0.682. The van der Waals surface area contributed by atoms with E-state index in [-0.39, 0.29) is 16.7 Å². The van der Waals surface area contributed by atoms with Crippen molar-refractivity contribution in [3.8, 4) is 11.8 Å². The van der Waals surface area contributed by atoms with E-state index in [9.17, 15) is 9.59 Å². The second kappa shape index (κ2) is 4.91. The molecule has 4 heteroatoms. The summed E-state index contributed by atoms with van der Waals surface area (Å²) in [7, 11) is 0. The van der Waals surface area contributed by atoms with E-state index >= 15 is 0 Å². The standard InChI is InChI=1S/C11H9NO3/c1-2-15-11-4-9(6-13)8(5-12)3-10(11)7-14/h3-4,6-7H,2H2,1H3. The van der Waals surface area contributed by atoms with Gasteiger partial charge in [-0.1, -0.05) is 0 Å². The van der Waals surface area contributed by atoms with Crippen molar-refractivity contribution in [2.24, 2.45) is 0 Å². The molecule has 15 heavy (non-hydrogen) atoms. The first kappa shape index (κ1) is 10.9. The molecule has 0 atom stereocenters. The second-order valence-electron chi connectivity index (χ2n) is 2.76. The molecular weight excluding hydrogens is 194 g/mol. The highest BCUT2D eigenvalue weighted by atomic mass is 16.5. The Balaban J connectivity index is 3.35. The van der Waals surface area contributed by atoms with Gasteiger partial charge in [0.2, 0.25) is 0 Å². The lowest BCUT2D eigenvalue weighted by Gasteiger charge is -2.07. The number of carbonyl (C=O) groups excluding carboxylic acids is 2. The van der Waals surface area contributed by atoms with Crippen LogP contribution in [0.4, 0.5) is 0 Å². The number of benzene rings is 1. The highest BCUT2D eigenvalue weighted by Crippen LogP contribution is 2.21. The third kappa shape index (κ3) is 2.20. The maximum Gasteiger partial charge on any atom is 0.153 e. The second-order valence-corrected chi connectivity index (χ2v) is 2.76. The molecule has 0 N–H and O–H groups in total. The molecule has 1 aromatic rings. The first-order chi connectivity index (χ1) is 7.26. The lowest BCUT2D eigenvalue weighted by Crippen LogP contribution is -1.99. The zero-order chi connectivity index (χ0) is 11.3. The molecule has 0 heterocycles. The fraction of sp³-hybridized carbons (Fsp3) is 0.182. The largest absolute Gasteiger partial charge is 0.493 e. The van der Waals surface area contributed by atoms with Gasteiger partial charge in [0.05, 0.1) is 23.8 Å². The zero-order valence-electron chi connectivity index (χ0n) is 8.19. The fourth-order valence-electron chi connectivity index (χ4n) is 1.18. The average molecular weight is 203 g/mol. The van der Waals surface area contributed by atoms with Crippen molar-refractivity contribution in [1.82, 2.24) is 0 Å². The van der Waals surface area contributed by atoms with Gasteiger partial charge in [-0.2, -0.15) is 5.26 Å². The van der Waals surface area contributed by atoms with Crippen molar-refractivity contribution in [3.63, 3.8) is 0 Å². The molecule has 0 radical (unpaired) electrons. The van der Waals surface area contributed by atoms with Crippen molar-refractivity contribution >= 4 is 12.6 Å². The molecule has 4 nitrogen and oxygen atoms in total. The topological polar surface area (TPSA) is 67.2 Å². The van der Waals surface area contributed by atoms with Crippen LogP contribution in [-0.4, -0.2) is 19.2 Å². The summed E-state index contributed by atoms with van der Waals surface area (Å²) >= 11 is 0. The minimum Gasteiger partial charge on any atom is -0.493 e. The van der Waals surface area contributed by atoms with Crippen LogP contribution in [0.3, 0.4) is 0 Å². The third-order valence-corrected chi connectivity index (χ3v) is 1.86. The quantitative estimate of drug-likeness (QED) is 0.697. The summed E-state index contributed by atoms with van der Waals surface area (Å²) in [4.78, 5) is 21.3. The molecule has 0 unspecified atom stereocenters. The maximum atomic E-state index is 10.7. The van der Waals surface area contributed by atoms with Crippen LogP contribution < -0.4 is 4.74 Å². The molecule has 0 spiro atoms. The van der Waals surface area contributed by atoms with Crippen LogP contribution in [0.2, 0.25) is 0 Å². The van der Waals surface area contributed by atoms with Gasteiger partial charge in [-0.15, -0.1) is 0 Å². The Morgan fingerprint density at radius 2 is 2.00 bits per heavy atom. The predicted octanol–water partition coefficient (Wildman–Crippen LogP) is 1.58. The van der Waals surface area contributed by atoms with Crippen molar-refractivity contribution in [1.29, 1.82) is 5.26 Å². The van der Waals surface area contributed by atoms with E-state index in [1.807, 2.05) is 6.07 Å². The van der Waals surface area contributed by atoms with Gasteiger partial charge < -0.3 is 4.74 Å². The van der Waals surface area contributed by atoms with Crippen LogP contribution in [-0.2, 0) is 0 Å². The molecule has 0 aliphatic carbocycles. The Bertz CT molecular complexity index is 432. The van der Waals surface area contributed by atoms with E-state index in [0.29, 0.717) is 24.9 Å². The Morgan fingerprint density at radius 1 is 1.33 bits per heavy atom. The number of nitriles is 1. The number of hydrogen-bond donors (Lipinski definition) is 0. The number of ether oxygens (including phenoxy) is 1. The molecule has 1 rings (SSSR count). The van der Waals surface area contributed by atoms with Gasteiger partial charge in [-0.3, -0.25) is 9.59 Å². The van der Waals surface area contributed by atoms with Gasteiger partial charge >= 0.3 is 0 Å². The van der Waals surface area contributed by atoms with E-state index in [1.54, 1.807) is 6.92 Å². The van der Waals surface area contributed by atoms with Gasteiger partial charge in [-0.05, 0) is 19.1 Å². The van der Waals surface area contributed by atoms with Crippen LogP contribution in [0.25, 0.3) is 0 Å². The monoisotopic (exact) mass is 203 g/mol. The van der Waals surface area contributed by atoms with E-state index in [4.69, 9.17) is 10.00 Å². The van der Waals surface area contributed by atoms with Gasteiger partial charge in [-0.25, -0.2) is 0 Å². The molecule has 76 valence electrons. The summed E-state index contributed by atoms with van der Waals surface area (Å²) in [6.07, 6.45) is 1.16. The van der Waals surface area contributed by atoms with Crippen molar-refractivity contribution < 1.29 is 14.3 Å². The molecular formula is C11H9NO3. The van der Waals surface area contributed by atoms with E-state index < -0.39 is 0 Å². The molecule has 0 bridgehead atoms. The number of aldehydes is 2. The zero-order valence-corrected chi connectivity index (χ0v) is 8.19. The minimum atomic E-state index is 0.176. The van der Waals surface area contributed by atoms with E-state index in [0.717, 1.165) is 0 Å². The van der Waals surface area contributed by atoms with Crippen LogP contribution in [0.15, 0.2) is 12.1 Å². The maximum absolute atomic E-state index is 10.7. The highest BCUT2D eigenvalue weighted by molar-refractivity contribution is 5.86. The van der Waals surface area contributed by atoms with Crippen LogP contribution in [0, 0.1) is 11.3 Å². The molecule has 1 aromatic carbocycles. The van der Waals surface area contributed by atoms with Gasteiger partial charge in [0.1, 0.15) is 5.75 Å². The average Bonchev–Trinajstić information content (AvgIpc) is 2.28. The number of carbonyl (C=O) groups is 2. The Hall–Kier alpha value is -2.15. The minimum absolute atomic E-state index is 0.176. The van der Waals surface area contributed by atoms with Gasteiger partial charge in [0.25, 0.3) is 0 Å². The van der Waals surface area contributed by atoms with Crippen molar-refractivity contribution in [2.45, 2.75) is 6.92 Å². The highest BCUT2D eigenvalue weighted by Gasteiger charge is 2.09. The van der Waals surface area contributed by atoms with E-state index in [1.165, 1.54) is 12.1 Å². The number of rotatable bonds is 4. The van der Waals surface area contributed by atoms with Crippen molar-refractivity contribution in [3.05, 3.63) is 28.8 Å². The fourth-order valence-corrected chi connectivity index (χ4v) is 1.18. The summed E-state index contributed by atoms with van der Waals surface area (Å²) in [6, 6.07) is 4.60. The van der Waals surface area contributed by atoms with Gasteiger partial charge in [0.15, 0.2) is 12.6 Å². The molecule has 0 aliphatic rings. The predicted molar refractivity (Wildman–Crippen MR) is 53.1 cm³/mol. The Morgan fingerprint density at radius 3 is 2.47 bits per heavy atom. The van der Waals surface area contributed by atoms with Crippen molar-refractivity contribution in [2.75, 3.05) is 6.61 Å². The summed E-state index contributed by atoms with van der Waals surface area (Å²) in [5, 5.41) is 8.72.